The highest BCUT2D eigenvalue weighted by molar-refractivity contribution is 5.79. The number of methoxy groups -OCH3 is 2. The van der Waals surface area contributed by atoms with Crippen molar-refractivity contribution in [3.63, 3.8) is 0 Å². The van der Waals surface area contributed by atoms with Crippen LogP contribution in [0.1, 0.15) is 17.5 Å². The van der Waals surface area contributed by atoms with Gasteiger partial charge in [-0.2, -0.15) is 0 Å². The molecule has 2 saturated heterocycles. The second kappa shape index (κ2) is 13.1. The minimum atomic E-state index is 0.00660. The number of piperidine rings is 1. The maximum absolute atomic E-state index is 13.3. The van der Waals surface area contributed by atoms with Crippen LogP contribution in [0.5, 0.6) is 11.5 Å². The van der Waals surface area contributed by atoms with Crippen LogP contribution in [0.25, 0.3) is 0 Å². The average Bonchev–Trinajstić information content (AvgIpc) is 2.92. The maximum atomic E-state index is 13.3. The molecule has 2 aliphatic heterocycles. The quantitative estimate of drug-likeness (QED) is 0.548. The third-order valence-corrected chi connectivity index (χ3v) is 7.57. The fourth-order valence-corrected chi connectivity index (χ4v) is 5.46. The molecular formula is C29H42N4O3. The summed E-state index contributed by atoms with van der Waals surface area (Å²) in [7, 11) is 5.46. The lowest BCUT2D eigenvalue weighted by Gasteiger charge is -2.41. The lowest BCUT2D eigenvalue weighted by molar-refractivity contribution is -0.127. The van der Waals surface area contributed by atoms with Gasteiger partial charge in [0.25, 0.3) is 0 Å². The van der Waals surface area contributed by atoms with E-state index in [0.717, 1.165) is 70.8 Å². The topological polar surface area (TPSA) is 57.3 Å². The number of hydrogen-bond donors (Lipinski definition) is 1. The Morgan fingerprint density at radius 2 is 1.67 bits per heavy atom. The Morgan fingerprint density at radius 1 is 0.917 bits per heavy atom. The molecule has 2 heterocycles. The zero-order chi connectivity index (χ0) is 25.3. The summed E-state index contributed by atoms with van der Waals surface area (Å²) in [4.78, 5) is 20.8. The van der Waals surface area contributed by atoms with E-state index in [1.165, 1.54) is 5.56 Å². The van der Waals surface area contributed by atoms with Crippen molar-refractivity contribution in [2.45, 2.75) is 19.4 Å². The van der Waals surface area contributed by atoms with Crippen LogP contribution >= 0.6 is 0 Å². The van der Waals surface area contributed by atoms with E-state index in [9.17, 15) is 4.79 Å². The van der Waals surface area contributed by atoms with Crippen molar-refractivity contribution in [2.75, 3.05) is 73.6 Å². The van der Waals surface area contributed by atoms with Crippen LogP contribution in [0.4, 0.5) is 0 Å². The van der Waals surface area contributed by atoms with Crippen molar-refractivity contribution in [3.8, 4) is 11.5 Å². The third kappa shape index (κ3) is 7.45. The molecule has 7 nitrogen and oxygen atoms in total. The molecule has 2 aromatic carbocycles. The second-order valence-electron chi connectivity index (χ2n) is 10.3. The van der Waals surface area contributed by atoms with Gasteiger partial charge in [-0.05, 0) is 49.1 Å². The Hall–Kier alpha value is -2.61. The van der Waals surface area contributed by atoms with Crippen molar-refractivity contribution < 1.29 is 14.3 Å². The Balaban J connectivity index is 1.37. The normalized spacial score (nSPS) is 21.8. The van der Waals surface area contributed by atoms with Crippen LogP contribution in [0, 0.1) is 11.8 Å². The third-order valence-electron chi connectivity index (χ3n) is 7.57. The molecule has 0 radical (unpaired) electrons. The second-order valence-corrected chi connectivity index (χ2v) is 10.3. The summed E-state index contributed by atoms with van der Waals surface area (Å²) in [5.41, 5.74) is 2.36. The van der Waals surface area contributed by atoms with Crippen molar-refractivity contribution in [3.05, 3.63) is 59.7 Å². The van der Waals surface area contributed by atoms with E-state index < -0.39 is 0 Å². The monoisotopic (exact) mass is 494 g/mol. The van der Waals surface area contributed by atoms with Crippen molar-refractivity contribution in [1.82, 2.24) is 20.0 Å². The van der Waals surface area contributed by atoms with E-state index in [1.807, 2.05) is 18.2 Å². The van der Waals surface area contributed by atoms with Gasteiger partial charge in [0.2, 0.25) is 5.91 Å². The van der Waals surface area contributed by atoms with Crippen LogP contribution in [0.15, 0.2) is 48.5 Å². The minimum Gasteiger partial charge on any atom is -0.493 e. The van der Waals surface area contributed by atoms with Crippen LogP contribution in [0.3, 0.4) is 0 Å². The van der Waals surface area contributed by atoms with Crippen molar-refractivity contribution in [1.29, 1.82) is 0 Å². The number of hydrogen-bond acceptors (Lipinski definition) is 6. The zero-order valence-corrected chi connectivity index (χ0v) is 22.1. The summed E-state index contributed by atoms with van der Waals surface area (Å²) in [6, 6.07) is 16.5. The molecule has 196 valence electrons. The molecule has 0 saturated carbocycles. The fraction of sp³-hybridized carbons (Fsp3) is 0.552. The summed E-state index contributed by atoms with van der Waals surface area (Å²) < 4.78 is 10.8. The molecule has 4 rings (SSSR count). The molecule has 2 atom stereocenters. The van der Waals surface area contributed by atoms with Gasteiger partial charge in [0.15, 0.2) is 11.5 Å². The van der Waals surface area contributed by atoms with Crippen LogP contribution in [-0.2, 0) is 17.8 Å². The molecule has 0 bridgehead atoms. The smallest absolute Gasteiger partial charge is 0.224 e. The number of nitrogens with zero attached hydrogens (tertiary/aromatic N) is 3. The molecule has 36 heavy (non-hydrogen) atoms. The molecule has 0 aliphatic carbocycles. The van der Waals surface area contributed by atoms with E-state index in [1.54, 1.807) is 14.2 Å². The average molecular weight is 495 g/mol. The number of ether oxygens (including phenoxy) is 2. The number of nitrogens with one attached hydrogen (secondary N) is 1. The molecular weight excluding hydrogens is 452 g/mol. The van der Waals surface area contributed by atoms with Gasteiger partial charge >= 0.3 is 0 Å². The Labute approximate surface area is 216 Å². The SMILES string of the molecule is COc1ccc(CNC(=O)[C@@H]2C[C@H](CN3CCN(C)CC3)CN(CCc3ccccc3)C2)cc1OC. The van der Waals surface area contributed by atoms with E-state index >= 15 is 0 Å². The molecule has 1 amide bonds. The van der Waals surface area contributed by atoms with Crippen LogP contribution < -0.4 is 14.8 Å². The highest BCUT2D eigenvalue weighted by Crippen LogP contribution is 2.28. The molecule has 0 spiro atoms. The Morgan fingerprint density at radius 3 is 2.39 bits per heavy atom. The van der Waals surface area contributed by atoms with E-state index in [4.69, 9.17) is 9.47 Å². The predicted molar refractivity (Wildman–Crippen MR) is 144 cm³/mol. The number of carbonyl (C=O) groups excluding carboxylic acids is 1. The van der Waals surface area contributed by atoms with Gasteiger partial charge in [0.1, 0.15) is 0 Å². The number of benzene rings is 2. The van der Waals surface area contributed by atoms with Crippen molar-refractivity contribution >= 4 is 5.91 Å². The summed E-state index contributed by atoms with van der Waals surface area (Å²) in [5, 5.41) is 3.20. The zero-order valence-electron chi connectivity index (χ0n) is 22.1. The number of likely N-dealkylation sites (N-methyl/N-ethyl adjacent to an activating group) is 1. The first kappa shape index (κ1) is 26.5. The number of rotatable bonds is 10. The van der Waals surface area contributed by atoms with Gasteiger partial charge in [-0.25, -0.2) is 0 Å². The Kier molecular flexibility index (Phi) is 9.61. The van der Waals surface area contributed by atoms with Gasteiger partial charge in [0, 0.05) is 58.9 Å². The summed E-state index contributed by atoms with van der Waals surface area (Å²) in [5.74, 6) is 2.04. The number of piperazine rings is 1. The predicted octanol–water partition coefficient (Wildman–Crippen LogP) is 2.75. The van der Waals surface area contributed by atoms with Gasteiger partial charge in [-0.15, -0.1) is 0 Å². The molecule has 2 fully saturated rings. The van der Waals surface area contributed by atoms with E-state index in [-0.39, 0.29) is 11.8 Å². The summed E-state index contributed by atoms with van der Waals surface area (Å²) in [6.07, 6.45) is 1.97. The molecule has 1 N–H and O–H groups in total. The summed E-state index contributed by atoms with van der Waals surface area (Å²) in [6.45, 7) is 8.93. The maximum Gasteiger partial charge on any atom is 0.224 e. The first-order valence-corrected chi connectivity index (χ1v) is 13.2. The lowest BCUT2D eigenvalue weighted by atomic mass is 9.87. The van der Waals surface area contributed by atoms with Gasteiger partial charge in [0.05, 0.1) is 20.1 Å². The van der Waals surface area contributed by atoms with E-state index in [2.05, 4.69) is 57.4 Å². The number of amides is 1. The first-order chi connectivity index (χ1) is 17.5. The Bertz CT molecular complexity index is 962. The first-order valence-electron chi connectivity index (χ1n) is 13.2. The fourth-order valence-electron chi connectivity index (χ4n) is 5.46. The van der Waals surface area contributed by atoms with Gasteiger partial charge in [-0.1, -0.05) is 36.4 Å². The molecule has 0 aromatic heterocycles. The number of likely N-dealkylation sites (tertiary alicyclic amines) is 1. The highest BCUT2D eigenvalue weighted by Gasteiger charge is 2.32. The largest absolute Gasteiger partial charge is 0.493 e. The van der Waals surface area contributed by atoms with E-state index in [0.29, 0.717) is 24.0 Å². The van der Waals surface area contributed by atoms with Crippen molar-refractivity contribution in [2.24, 2.45) is 11.8 Å². The molecule has 0 unspecified atom stereocenters. The van der Waals surface area contributed by atoms with Gasteiger partial charge < -0.3 is 29.5 Å². The molecule has 7 heteroatoms. The number of carbonyl (C=O) groups is 1. The van der Waals surface area contributed by atoms with Crippen LogP contribution in [0.2, 0.25) is 0 Å². The molecule has 2 aromatic rings. The standard InChI is InChI=1S/C29H42N4O3/c1-31-13-15-32(16-14-31)20-25-17-26(22-33(21-25)12-11-23-7-5-4-6-8-23)29(34)30-19-24-9-10-27(35-2)28(18-24)36-3/h4-10,18,25-26H,11-17,19-22H2,1-3H3,(H,30,34)/t25-,26-/m1/s1. The summed E-state index contributed by atoms with van der Waals surface area (Å²) >= 11 is 0. The highest BCUT2D eigenvalue weighted by atomic mass is 16.5. The lowest BCUT2D eigenvalue weighted by Crippen LogP contribution is -2.51. The van der Waals surface area contributed by atoms with Gasteiger partial charge in [-0.3, -0.25) is 4.79 Å². The minimum absolute atomic E-state index is 0.00660. The van der Waals surface area contributed by atoms with Crippen LogP contribution in [-0.4, -0.2) is 94.2 Å². The molecule has 2 aliphatic rings.